The predicted molar refractivity (Wildman–Crippen MR) is 80.1 cm³/mol. The number of halogens is 1. The lowest BCUT2D eigenvalue weighted by Crippen LogP contribution is -2.18. The second-order valence-electron chi connectivity index (χ2n) is 6.38. The number of aryl methyl sites for hydroxylation is 3. The van der Waals surface area contributed by atoms with Crippen molar-refractivity contribution in [2.24, 2.45) is 18.9 Å². The highest BCUT2D eigenvalue weighted by Crippen LogP contribution is 2.53. The summed E-state index contributed by atoms with van der Waals surface area (Å²) in [5.74, 6) is 3.50. The van der Waals surface area contributed by atoms with Crippen molar-refractivity contribution in [1.29, 1.82) is 0 Å². The fourth-order valence-corrected chi connectivity index (χ4v) is 3.77. The summed E-state index contributed by atoms with van der Waals surface area (Å²) in [6, 6.07) is 0.632. The molecule has 108 valence electrons. The molecule has 0 amide bonds. The molecule has 0 unspecified atom stereocenters. The van der Waals surface area contributed by atoms with Crippen LogP contribution in [0.25, 0.3) is 11.2 Å². The minimum Gasteiger partial charge on any atom is -0.309 e. The average molecular weight is 293 g/mol. The fraction of sp³-hybridized carbons (Fsp3) is 0.733. The molecule has 2 heterocycles. The predicted octanol–water partition coefficient (Wildman–Crippen LogP) is 3.22. The zero-order valence-electron chi connectivity index (χ0n) is 12.1. The van der Waals surface area contributed by atoms with Crippen LogP contribution >= 0.6 is 11.6 Å². The van der Waals surface area contributed by atoms with Crippen LogP contribution in [0.1, 0.15) is 43.2 Å². The SMILES string of the molecule is Cc1nn(C)c2c1nc(CCCl)n2C(C1CC1)C1CC1. The Morgan fingerprint density at radius 3 is 2.45 bits per heavy atom. The molecule has 0 N–H and O–H groups in total. The molecule has 0 radical (unpaired) electrons. The molecule has 2 fully saturated rings. The second-order valence-corrected chi connectivity index (χ2v) is 6.76. The summed E-state index contributed by atoms with van der Waals surface area (Å²) in [5, 5.41) is 4.55. The van der Waals surface area contributed by atoms with E-state index in [1.165, 1.54) is 31.3 Å². The Labute approximate surface area is 124 Å². The summed E-state index contributed by atoms with van der Waals surface area (Å²) in [6.45, 7) is 2.05. The van der Waals surface area contributed by atoms with E-state index in [0.29, 0.717) is 11.9 Å². The lowest BCUT2D eigenvalue weighted by atomic mass is 10.1. The molecule has 2 aromatic heterocycles. The first-order valence-electron chi connectivity index (χ1n) is 7.67. The molecule has 2 aliphatic rings. The van der Waals surface area contributed by atoms with E-state index in [2.05, 4.69) is 9.67 Å². The van der Waals surface area contributed by atoms with Gasteiger partial charge in [-0.25, -0.2) is 4.98 Å². The summed E-state index contributed by atoms with van der Waals surface area (Å²) < 4.78 is 4.50. The van der Waals surface area contributed by atoms with E-state index in [1.54, 1.807) is 0 Å². The zero-order chi connectivity index (χ0) is 13.9. The highest BCUT2D eigenvalue weighted by molar-refractivity contribution is 6.17. The molecule has 20 heavy (non-hydrogen) atoms. The van der Waals surface area contributed by atoms with Gasteiger partial charge in [0.25, 0.3) is 0 Å². The van der Waals surface area contributed by atoms with Crippen LogP contribution in [0.4, 0.5) is 0 Å². The first-order valence-corrected chi connectivity index (χ1v) is 8.20. The van der Waals surface area contributed by atoms with E-state index in [9.17, 15) is 0 Å². The Hall–Kier alpha value is -1.03. The first kappa shape index (κ1) is 12.7. The van der Waals surface area contributed by atoms with Crippen LogP contribution in [-0.4, -0.2) is 25.2 Å². The number of nitrogens with zero attached hydrogens (tertiary/aromatic N) is 4. The molecule has 0 saturated heterocycles. The molecular formula is C15H21ClN4. The van der Waals surface area contributed by atoms with Crippen LogP contribution in [0.2, 0.25) is 0 Å². The molecule has 0 atom stereocenters. The van der Waals surface area contributed by atoms with Crippen LogP contribution in [-0.2, 0) is 13.5 Å². The van der Waals surface area contributed by atoms with Crippen molar-refractivity contribution in [1.82, 2.24) is 19.3 Å². The molecule has 4 nitrogen and oxygen atoms in total. The maximum Gasteiger partial charge on any atom is 0.158 e. The third-order valence-electron chi connectivity index (χ3n) is 4.73. The van der Waals surface area contributed by atoms with Crippen LogP contribution in [0.5, 0.6) is 0 Å². The molecule has 0 spiro atoms. The molecule has 0 bridgehead atoms. The van der Waals surface area contributed by atoms with Gasteiger partial charge in [0.2, 0.25) is 0 Å². The fourth-order valence-electron chi connectivity index (χ4n) is 3.60. The van der Waals surface area contributed by atoms with Crippen molar-refractivity contribution in [3.8, 4) is 0 Å². The standard InChI is InChI=1S/C15H21ClN4/c1-9-13-15(19(2)18-9)20(12(17-13)7-8-16)14(10-3-4-10)11-5-6-11/h10-11,14H,3-8H2,1-2H3. The number of fused-ring (bicyclic) bond motifs is 1. The monoisotopic (exact) mass is 292 g/mol. The summed E-state index contributed by atoms with van der Waals surface area (Å²) in [7, 11) is 2.04. The van der Waals surface area contributed by atoms with E-state index >= 15 is 0 Å². The van der Waals surface area contributed by atoms with Crippen LogP contribution in [0.3, 0.4) is 0 Å². The maximum absolute atomic E-state index is 6.00. The Bertz CT molecular complexity index is 636. The largest absolute Gasteiger partial charge is 0.309 e. The van der Waals surface area contributed by atoms with Gasteiger partial charge in [-0.3, -0.25) is 4.68 Å². The Balaban J connectivity index is 1.91. The van der Waals surface area contributed by atoms with Gasteiger partial charge >= 0.3 is 0 Å². The van der Waals surface area contributed by atoms with Gasteiger partial charge in [-0.2, -0.15) is 5.10 Å². The molecule has 2 saturated carbocycles. The van der Waals surface area contributed by atoms with Crippen LogP contribution in [0.15, 0.2) is 0 Å². The van der Waals surface area contributed by atoms with Gasteiger partial charge in [-0.05, 0) is 44.4 Å². The number of imidazole rings is 1. The van der Waals surface area contributed by atoms with Gasteiger partial charge < -0.3 is 4.57 Å². The lowest BCUT2D eigenvalue weighted by Gasteiger charge is -2.21. The Morgan fingerprint density at radius 1 is 1.25 bits per heavy atom. The maximum atomic E-state index is 6.00. The summed E-state index contributed by atoms with van der Waals surface area (Å²) in [4.78, 5) is 4.86. The lowest BCUT2D eigenvalue weighted by molar-refractivity contribution is 0.388. The summed E-state index contributed by atoms with van der Waals surface area (Å²) >= 11 is 6.00. The molecule has 5 heteroatoms. The first-order chi connectivity index (χ1) is 9.70. The van der Waals surface area contributed by atoms with E-state index in [4.69, 9.17) is 16.6 Å². The van der Waals surface area contributed by atoms with Gasteiger partial charge in [-0.15, -0.1) is 11.6 Å². The van der Waals surface area contributed by atoms with Gasteiger partial charge in [0.1, 0.15) is 11.3 Å². The van der Waals surface area contributed by atoms with Gasteiger partial charge in [0.15, 0.2) is 5.65 Å². The number of rotatable bonds is 5. The van der Waals surface area contributed by atoms with Gasteiger partial charge in [-0.1, -0.05) is 0 Å². The molecule has 4 rings (SSSR count). The third-order valence-corrected chi connectivity index (χ3v) is 4.92. The van der Waals surface area contributed by atoms with Crippen molar-refractivity contribution in [3.63, 3.8) is 0 Å². The van der Waals surface area contributed by atoms with Crippen molar-refractivity contribution in [2.75, 3.05) is 5.88 Å². The summed E-state index contributed by atoms with van der Waals surface area (Å²) in [5.41, 5.74) is 3.30. The normalized spacial score (nSPS) is 19.4. The second kappa shape index (κ2) is 4.48. The van der Waals surface area contributed by atoms with E-state index in [1.807, 2.05) is 18.7 Å². The smallest absolute Gasteiger partial charge is 0.158 e. The zero-order valence-corrected chi connectivity index (χ0v) is 12.9. The number of hydrogen-bond donors (Lipinski definition) is 0. The molecule has 2 aliphatic carbocycles. The molecular weight excluding hydrogens is 272 g/mol. The quantitative estimate of drug-likeness (QED) is 0.793. The average Bonchev–Trinajstić information content (AvgIpc) is 3.30. The number of hydrogen-bond acceptors (Lipinski definition) is 2. The van der Waals surface area contributed by atoms with Crippen LogP contribution < -0.4 is 0 Å². The Morgan fingerprint density at radius 2 is 1.90 bits per heavy atom. The minimum absolute atomic E-state index is 0.632. The third kappa shape index (κ3) is 1.88. The minimum atomic E-state index is 0.632. The summed E-state index contributed by atoms with van der Waals surface area (Å²) in [6.07, 6.45) is 6.34. The molecule has 2 aromatic rings. The van der Waals surface area contributed by atoms with E-state index in [0.717, 1.165) is 35.3 Å². The Kier molecular flexibility index (Phi) is 2.85. The number of alkyl halides is 1. The highest BCUT2D eigenvalue weighted by atomic mass is 35.5. The topological polar surface area (TPSA) is 35.6 Å². The van der Waals surface area contributed by atoms with Crippen molar-refractivity contribution < 1.29 is 0 Å². The van der Waals surface area contributed by atoms with Crippen molar-refractivity contribution in [2.45, 2.75) is 45.1 Å². The van der Waals surface area contributed by atoms with Crippen molar-refractivity contribution in [3.05, 3.63) is 11.5 Å². The van der Waals surface area contributed by atoms with Crippen LogP contribution in [0, 0.1) is 18.8 Å². The molecule has 0 aromatic carbocycles. The van der Waals surface area contributed by atoms with Gasteiger partial charge in [0.05, 0.1) is 5.69 Å². The van der Waals surface area contributed by atoms with Crippen molar-refractivity contribution >= 4 is 22.8 Å². The van der Waals surface area contributed by atoms with Gasteiger partial charge in [0, 0.05) is 25.4 Å². The van der Waals surface area contributed by atoms with E-state index < -0.39 is 0 Å². The van der Waals surface area contributed by atoms with E-state index in [-0.39, 0.29) is 0 Å². The highest BCUT2D eigenvalue weighted by Gasteiger charge is 2.44. The molecule has 0 aliphatic heterocycles. The number of aromatic nitrogens is 4.